The van der Waals surface area contributed by atoms with Crippen molar-refractivity contribution < 1.29 is 14.3 Å². The number of rotatable bonds is 6. The number of carboxylic acid groups (broad SMARTS) is 1. The molecule has 1 aromatic carbocycles. The minimum atomic E-state index is -0.955. The average Bonchev–Trinajstić information content (AvgIpc) is 2.46. The monoisotopic (exact) mass is 304 g/mol. The Morgan fingerprint density at radius 3 is 2.50 bits per heavy atom. The van der Waals surface area contributed by atoms with E-state index in [0.717, 1.165) is 24.2 Å². The number of aliphatic carboxylic acids is 1. The Morgan fingerprint density at radius 1 is 1.23 bits per heavy atom. The van der Waals surface area contributed by atoms with Crippen molar-refractivity contribution in [3.63, 3.8) is 0 Å². The Morgan fingerprint density at radius 2 is 1.91 bits per heavy atom. The van der Waals surface area contributed by atoms with Crippen LogP contribution in [0, 0.1) is 0 Å². The molecule has 0 bridgehead atoms. The van der Waals surface area contributed by atoms with Crippen LogP contribution in [0.1, 0.15) is 13.8 Å². The molecule has 6 nitrogen and oxygen atoms in total. The summed E-state index contributed by atoms with van der Waals surface area (Å²) in [4.78, 5) is 26.3. The van der Waals surface area contributed by atoms with Crippen LogP contribution >= 0.6 is 0 Å². The van der Waals surface area contributed by atoms with Crippen molar-refractivity contribution in [1.29, 1.82) is 0 Å². The third-order valence-electron chi connectivity index (χ3n) is 3.62. The van der Waals surface area contributed by atoms with E-state index < -0.39 is 11.6 Å². The molecule has 0 radical (unpaired) electrons. The normalized spacial score (nSPS) is 10.7. The number of benzene rings is 1. The molecule has 1 aromatic heterocycles. The van der Waals surface area contributed by atoms with Gasteiger partial charge in [-0.2, -0.15) is 0 Å². The molecule has 0 saturated carbocycles. The summed E-state index contributed by atoms with van der Waals surface area (Å²) in [5, 5.41) is 9.64. The minimum Gasteiger partial charge on any atom is -0.480 e. The number of hydrogen-bond donors (Lipinski definition) is 1. The maximum Gasteiger partial charge on any atom is 0.338 e. The lowest BCUT2D eigenvalue weighted by Crippen LogP contribution is -2.26. The highest BCUT2D eigenvalue weighted by atomic mass is 16.4. The minimum absolute atomic E-state index is 0.184. The van der Waals surface area contributed by atoms with Gasteiger partial charge in [0, 0.05) is 43.3 Å². The number of fused-ring (bicyclic) bond motifs is 1. The van der Waals surface area contributed by atoms with Crippen molar-refractivity contribution in [2.45, 2.75) is 13.8 Å². The van der Waals surface area contributed by atoms with Crippen molar-refractivity contribution in [1.82, 2.24) is 0 Å². The SMILES string of the molecule is CCN(CC)c1ccc2c(N(C)CC(=O)O)cc(=O)oc2c1. The molecule has 0 fully saturated rings. The lowest BCUT2D eigenvalue weighted by atomic mass is 10.1. The topological polar surface area (TPSA) is 74.0 Å². The molecular formula is C16H20N2O4. The Kier molecular flexibility index (Phi) is 4.70. The van der Waals surface area contributed by atoms with Crippen LogP contribution in [0.4, 0.5) is 11.4 Å². The average molecular weight is 304 g/mol. The fourth-order valence-electron chi connectivity index (χ4n) is 2.52. The highest BCUT2D eigenvalue weighted by Crippen LogP contribution is 2.28. The molecule has 6 heteroatoms. The molecule has 22 heavy (non-hydrogen) atoms. The quantitative estimate of drug-likeness (QED) is 0.824. The molecule has 0 aliphatic heterocycles. The van der Waals surface area contributed by atoms with Crippen LogP contribution < -0.4 is 15.4 Å². The maximum absolute atomic E-state index is 11.8. The molecule has 1 N–H and O–H groups in total. The van der Waals surface area contributed by atoms with Crippen molar-refractivity contribution >= 4 is 28.3 Å². The van der Waals surface area contributed by atoms with Crippen molar-refractivity contribution in [2.24, 2.45) is 0 Å². The second-order valence-electron chi connectivity index (χ2n) is 5.05. The van der Waals surface area contributed by atoms with E-state index in [1.54, 1.807) is 7.05 Å². The summed E-state index contributed by atoms with van der Waals surface area (Å²) in [5.41, 5.74) is 1.50. The zero-order valence-corrected chi connectivity index (χ0v) is 13.0. The van der Waals surface area contributed by atoms with Crippen LogP contribution in [0.3, 0.4) is 0 Å². The van der Waals surface area contributed by atoms with Gasteiger partial charge < -0.3 is 19.3 Å². The smallest absolute Gasteiger partial charge is 0.338 e. The molecule has 0 aliphatic carbocycles. The summed E-state index contributed by atoms with van der Waals surface area (Å²) < 4.78 is 5.28. The number of hydrogen-bond acceptors (Lipinski definition) is 5. The number of carbonyl (C=O) groups is 1. The van der Waals surface area contributed by atoms with E-state index in [0.29, 0.717) is 11.3 Å². The first kappa shape index (κ1) is 15.9. The molecule has 0 atom stereocenters. The number of nitrogens with zero attached hydrogens (tertiary/aromatic N) is 2. The van der Waals surface area contributed by atoms with Crippen molar-refractivity contribution in [2.75, 3.05) is 36.5 Å². The number of likely N-dealkylation sites (N-methyl/N-ethyl adjacent to an activating group) is 1. The third kappa shape index (κ3) is 3.21. The molecule has 2 rings (SSSR count). The second kappa shape index (κ2) is 6.51. The first-order chi connectivity index (χ1) is 10.5. The Bertz CT molecular complexity index is 734. The van der Waals surface area contributed by atoms with Crippen LogP contribution in [0.15, 0.2) is 33.5 Å². The summed E-state index contributed by atoms with van der Waals surface area (Å²) in [6.45, 7) is 5.63. The standard InChI is InChI=1S/C16H20N2O4/c1-4-18(5-2)11-6-7-12-13(17(3)10-15(19)20)9-16(21)22-14(12)8-11/h6-9H,4-5,10H2,1-3H3,(H,19,20). The maximum atomic E-state index is 11.8. The van der Waals surface area contributed by atoms with Crippen LogP contribution in [0.2, 0.25) is 0 Å². The fourth-order valence-corrected chi connectivity index (χ4v) is 2.52. The van der Waals surface area contributed by atoms with Gasteiger partial charge in [0.2, 0.25) is 0 Å². The molecule has 0 amide bonds. The first-order valence-corrected chi connectivity index (χ1v) is 7.22. The van der Waals surface area contributed by atoms with Gasteiger partial charge in [0.25, 0.3) is 0 Å². The van der Waals surface area contributed by atoms with Crippen LogP contribution in [0.5, 0.6) is 0 Å². The lowest BCUT2D eigenvalue weighted by molar-refractivity contribution is -0.135. The number of carboxylic acids is 1. The molecular weight excluding hydrogens is 284 g/mol. The molecule has 1 heterocycles. The van der Waals surface area contributed by atoms with E-state index in [-0.39, 0.29) is 6.54 Å². The highest BCUT2D eigenvalue weighted by molar-refractivity contribution is 5.93. The van der Waals surface area contributed by atoms with Gasteiger partial charge in [0.15, 0.2) is 0 Å². The summed E-state index contributed by atoms with van der Waals surface area (Å²) in [6, 6.07) is 6.96. The zero-order chi connectivity index (χ0) is 16.3. The Hall–Kier alpha value is -2.50. The van der Waals surface area contributed by atoms with E-state index in [2.05, 4.69) is 18.7 Å². The predicted molar refractivity (Wildman–Crippen MR) is 87.0 cm³/mol. The van der Waals surface area contributed by atoms with E-state index in [9.17, 15) is 9.59 Å². The molecule has 0 saturated heterocycles. The van der Waals surface area contributed by atoms with E-state index in [4.69, 9.17) is 9.52 Å². The van der Waals surface area contributed by atoms with Gasteiger partial charge in [0.05, 0.1) is 5.69 Å². The molecule has 0 spiro atoms. The second-order valence-corrected chi connectivity index (χ2v) is 5.05. The largest absolute Gasteiger partial charge is 0.480 e. The van der Waals surface area contributed by atoms with Gasteiger partial charge in [-0.25, -0.2) is 4.79 Å². The predicted octanol–water partition coefficient (Wildman–Crippen LogP) is 2.16. The Balaban J connectivity index is 2.56. The molecule has 2 aromatic rings. The van der Waals surface area contributed by atoms with Crippen LogP contribution in [-0.4, -0.2) is 37.8 Å². The highest BCUT2D eigenvalue weighted by Gasteiger charge is 2.13. The van der Waals surface area contributed by atoms with Gasteiger partial charge >= 0.3 is 11.6 Å². The van der Waals surface area contributed by atoms with Gasteiger partial charge in [-0.15, -0.1) is 0 Å². The number of anilines is 2. The molecule has 0 unspecified atom stereocenters. The lowest BCUT2D eigenvalue weighted by Gasteiger charge is -2.22. The fraction of sp³-hybridized carbons (Fsp3) is 0.375. The molecule has 0 aliphatic rings. The van der Waals surface area contributed by atoms with Crippen LogP contribution in [-0.2, 0) is 4.79 Å². The Labute approximate surface area is 128 Å². The van der Waals surface area contributed by atoms with E-state index >= 15 is 0 Å². The summed E-state index contributed by atoms with van der Waals surface area (Å²) >= 11 is 0. The summed E-state index contributed by atoms with van der Waals surface area (Å²) in [5.74, 6) is -0.955. The summed E-state index contributed by atoms with van der Waals surface area (Å²) in [7, 11) is 1.64. The van der Waals surface area contributed by atoms with Gasteiger partial charge in [-0.3, -0.25) is 4.79 Å². The van der Waals surface area contributed by atoms with Crippen molar-refractivity contribution in [3.05, 3.63) is 34.7 Å². The first-order valence-electron chi connectivity index (χ1n) is 7.22. The van der Waals surface area contributed by atoms with Crippen LogP contribution in [0.25, 0.3) is 11.0 Å². The van der Waals surface area contributed by atoms with Gasteiger partial charge in [0.1, 0.15) is 12.1 Å². The van der Waals surface area contributed by atoms with Gasteiger partial charge in [-0.05, 0) is 26.0 Å². The van der Waals surface area contributed by atoms with E-state index in [1.165, 1.54) is 11.0 Å². The summed E-state index contributed by atoms with van der Waals surface area (Å²) in [6.07, 6.45) is 0. The van der Waals surface area contributed by atoms with Crippen molar-refractivity contribution in [3.8, 4) is 0 Å². The third-order valence-corrected chi connectivity index (χ3v) is 3.62. The zero-order valence-electron chi connectivity index (χ0n) is 13.0. The van der Waals surface area contributed by atoms with Gasteiger partial charge in [-0.1, -0.05) is 0 Å². The van der Waals surface area contributed by atoms with E-state index in [1.807, 2.05) is 18.2 Å². The molecule has 118 valence electrons.